The van der Waals surface area contributed by atoms with Crippen molar-refractivity contribution in [3.05, 3.63) is 74.8 Å². The van der Waals surface area contributed by atoms with Crippen LogP contribution in [0, 0.1) is 19.8 Å². The number of halogens is 1. The average molecular weight is 425 g/mol. The number of aliphatic hydroxyl groups is 1. The molecule has 2 N–H and O–H groups in total. The van der Waals surface area contributed by atoms with Gasteiger partial charge in [0, 0.05) is 41.1 Å². The third kappa shape index (κ3) is 4.25. The molecule has 1 aromatic carbocycles. The highest BCUT2D eigenvalue weighted by molar-refractivity contribution is 6.30. The zero-order valence-electron chi connectivity index (χ0n) is 17.1. The molecule has 1 aliphatic heterocycles. The molecule has 0 radical (unpaired) electrons. The van der Waals surface area contributed by atoms with Gasteiger partial charge < -0.3 is 15.0 Å². The lowest BCUT2D eigenvalue weighted by molar-refractivity contribution is 0.0929. The molecule has 30 heavy (non-hydrogen) atoms. The van der Waals surface area contributed by atoms with Crippen molar-refractivity contribution in [2.75, 3.05) is 18.0 Å². The first-order valence-corrected chi connectivity index (χ1v) is 10.5. The monoisotopic (exact) mass is 424 g/mol. The summed E-state index contributed by atoms with van der Waals surface area (Å²) in [5.74, 6) is 1.64. The first-order valence-electron chi connectivity index (χ1n) is 10.1. The highest BCUT2D eigenvalue weighted by atomic mass is 35.5. The van der Waals surface area contributed by atoms with Gasteiger partial charge in [-0.15, -0.1) is 0 Å². The second-order valence-corrected chi connectivity index (χ2v) is 8.29. The van der Waals surface area contributed by atoms with E-state index in [0.29, 0.717) is 16.4 Å². The van der Waals surface area contributed by atoms with Gasteiger partial charge in [0.2, 0.25) is 0 Å². The summed E-state index contributed by atoms with van der Waals surface area (Å²) in [7, 11) is 0. The van der Waals surface area contributed by atoms with Gasteiger partial charge in [-0.05, 0) is 62.4 Å². The second kappa shape index (κ2) is 8.58. The van der Waals surface area contributed by atoms with E-state index in [1.54, 1.807) is 13.1 Å². The van der Waals surface area contributed by atoms with Crippen LogP contribution in [0.1, 0.15) is 35.8 Å². The van der Waals surface area contributed by atoms with E-state index >= 15 is 0 Å². The van der Waals surface area contributed by atoms with Crippen molar-refractivity contribution >= 4 is 17.4 Å². The number of nitrogens with zero attached hydrogens (tertiary/aromatic N) is 3. The molecule has 0 bridgehead atoms. The smallest absolute Gasteiger partial charge is 0.254 e. The Labute approximate surface area is 180 Å². The van der Waals surface area contributed by atoms with Crippen LogP contribution >= 0.6 is 11.6 Å². The largest absolute Gasteiger partial charge is 0.388 e. The van der Waals surface area contributed by atoms with E-state index in [0.717, 1.165) is 48.6 Å². The van der Waals surface area contributed by atoms with Crippen molar-refractivity contribution in [3.63, 3.8) is 0 Å². The van der Waals surface area contributed by atoms with Crippen molar-refractivity contribution in [2.45, 2.75) is 32.8 Å². The molecule has 4 rings (SSSR count). The van der Waals surface area contributed by atoms with Crippen molar-refractivity contribution in [3.8, 4) is 11.4 Å². The van der Waals surface area contributed by atoms with E-state index < -0.39 is 6.10 Å². The maximum absolute atomic E-state index is 12.0. The molecular weight excluding hydrogens is 400 g/mol. The molecule has 1 fully saturated rings. The average Bonchev–Trinajstić information content (AvgIpc) is 2.77. The summed E-state index contributed by atoms with van der Waals surface area (Å²) in [5, 5.41) is 11.4. The number of nitrogens with one attached hydrogen (secondary N) is 1. The maximum atomic E-state index is 12.0. The summed E-state index contributed by atoms with van der Waals surface area (Å²) in [5.41, 5.74) is 2.93. The van der Waals surface area contributed by atoms with Crippen molar-refractivity contribution in [1.29, 1.82) is 0 Å². The van der Waals surface area contributed by atoms with Crippen molar-refractivity contribution < 1.29 is 5.11 Å². The summed E-state index contributed by atoms with van der Waals surface area (Å²) in [6.07, 6.45) is 3.04. The number of anilines is 1. The van der Waals surface area contributed by atoms with E-state index in [1.165, 1.54) is 0 Å². The molecule has 1 unspecified atom stereocenters. The second-order valence-electron chi connectivity index (χ2n) is 7.85. The van der Waals surface area contributed by atoms with Crippen LogP contribution < -0.4 is 10.5 Å². The molecule has 7 heteroatoms. The molecule has 1 saturated heterocycles. The van der Waals surface area contributed by atoms with E-state index in [9.17, 15) is 9.90 Å². The van der Waals surface area contributed by atoms with E-state index in [2.05, 4.69) is 19.9 Å². The Morgan fingerprint density at radius 3 is 2.43 bits per heavy atom. The Morgan fingerprint density at radius 1 is 1.13 bits per heavy atom. The summed E-state index contributed by atoms with van der Waals surface area (Å²) >= 11 is 5.94. The number of pyridine rings is 1. The number of aliphatic hydroxyl groups excluding tert-OH is 1. The molecule has 1 atom stereocenters. The van der Waals surface area contributed by atoms with Gasteiger partial charge in [-0.2, -0.15) is 0 Å². The fourth-order valence-corrected chi connectivity index (χ4v) is 4.00. The predicted octanol–water partition coefficient (Wildman–Crippen LogP) is 4.05. The number of piperidine rings is 1. The Morgan fingerprint density at radius 2 is 1.83 bits per heavy atom. The van der Waals surface area contributed by atoms with Crippen LogP contribution in [-0.2, 0) is 0 Å². The number of aromatic amines is 1. The molecule has 0 aliphatic carbocycles. The highest BCUT2D eigenvalue weighted by Gasteiger charge is 2.26. The minimum Gasteiger partial charge on any atom is -0.388 e. The minimum absolute atomic E-state index is 0.122. The van der Waals surface area contributed by atoms with Gasteiger partial charge in [-0.25, -0.2) is 9.97 Å². The maximum Gasteiger partial charge on any atom is 0.254 e. The zero-order valence-corrected chi connectivity index (χ0v) is 17.9. The SMILES string of the molecule is Cc1nc(-c2ccc(N3CCC(C(O)c4ccc(Cl)cc4)CC3)nc2)[nH]c(=O)c1C. The topological polar surface area (TPSA) is 82.1 Å². The molecule has 1 aliphatic rings. The highest BCUT2D eigenvalue weighted by Crippen LogP contribution is 2.32. The summed E-state index contributed by atoms with van der Waals surface area (Å²) in [6.45, 7) is 5.26. The molecule has 3 aromatic rings. The number of aryl methyl sites for hydroxylation is 1. The quantitative estimate of drug-likeness (QED) is 0.660. The van der Waals surface area contributed by atoms with E-state index in [-0.39, 0.29) is 11.5 Å². The lowest BCUT2D eigenvalue weighted by Gasteiger charge is -2.35. The van der Waals surface area contributed by atoms with E-state index in [1.807, 2.05) is 43.3 Å². The van der Waals surface area contributed by atoms with Gasteiger partial charge in [0.1, 0.15) is 11.6 Å². The molecule has 0 spiro atoms. The minimum atomic E-state index is -0.479. The predicted molar refractivity (Wildman–Crippen MR) is 119 cm³/mol. The number of benzene rings is 1. The molecule has 0 saturated carbocycles. The number of aromatic nitrogens is 3. The lowest BCUT2D eigenvalue weighted by Crippen LogP contribution is -2.36. The van der Waals surface area contributed by atoms with Crippen LogP contribution in [0.3, 0.4) is 0 Å². The molecule has 156 valence electrons. The van der Waals surface area contributed by atoms with Gasteiger partial charge in [0.05, 0.1) is 6.10 Å². The fraction of sp³-hybridized carbons (Fsp3) is 0.348. The summed E-state index contributed by atoms with van der Waals surface area (Å²) in [4.78, 5) is 26.1. The van der Waals surface area contributed by atoms with Gasteiger partial charge in [-0.1, -0.05) is 23.7 Å². The van der Waals surface area contributed by atoms with Crippen molar-refractivity contribution in [1.82, 2.24) is 15.0 Å². The lowest BCUT2D eigenvalue weighted by atomic mass is 9.87. The molecule has 6 nitrogen and oxygen atoms in total. The number of hydrogen-bond acceptors (Lipinski definition) is 5. The number of H-pyrrole nitrogens is 1. The van der Waals surface area contributed by atoms with E-state index in [4.69, 9.17) is 11.6 Å². The van der Waals surface area contributed by atoms with Gasteiger partial charge in [0.25, 0.3) is 5.56 Å². The molecule has 3 heterocycles. The van der Waals surface area contributed by atoms with Crippen LogP contribution in [0.15, 0.2) is 47.4 Å². The first kappa shape index (κ1) is 20.6. The van der Waals surface area contributed by atoms with Gasteiger partial charge in [0.15, 0.2) is 0 Å². The van der Waals surface area contributed by atoms with Gasteiger partial charge >= 0.3 is 0 Å². The van der Waals surface area contributed by atoms with Gasteiger partial charge in [-0.3, -0.25) is 4.79 Å². The van der Waals surface area contributed by atoms with Crippen molar-refractivity contribution in [2.24, 2.45) is 5.92 Å². The Balaban J connectivity index is 1.41. The Hall–Kier alpha value is -2.70. The van der Waals surface area contributed by atoms with Crippen LogP contribution in [-0.4, -0.2) is 33.1 Å². The normalized spacial score (nSPS) is 15.9. The molecule has 2 aromatic heterocycles. The number of rotatable bonds is 4. The van der Waals surface area contributed by atoms with Crippen LogP contribution in [0.4, 0.5) is 5.82 Å². The van der Waals surface area contributed by atoms with Crippen LogP contribution in [0.25, 0.3) is 11.4 Å². The standard InChI is InChI=1S/C23H25ClN4O2/c1-14-15(2)26-22(27-23(14)30)18-5-8-20(25-13-18)28-11-9-17(10-12-28)21(29)16-3-6-19(24)7-4-16/h3-8,13,17,21,29H,9-12H2,1-2H3,(H,26,27,30). The van der Waals surface area contributed by atoms with Crippen LogP contribution in [0.5, 0.6) is 0 Å². The Bertz CT molecular complexity index is 1070. The third-order valence-corrected chi connectivity index (χ3v) is 6.19. The number of hydrogen-bond donors (Lipinski definition) is 2. The summed E-state index contributed by atoms with van der Waals surface area (Å²) < 4.78 is 0. The fourth-order valence-electron chi connectivity index (χ4n) is 3.87. The first-order chi connectivity index (χ1) is 14.4. The Kier molecular flexibility index (Phi) is 5.88. The molecular formula is C23H25ClN4O2. The van der Waals surface area contributed by atoms with Crippen LogP contribution in [0.2, 0.25) is 5.02 Å². The third-order valence-electron chi connectivity index (χ3n) is 5.94. The zero-order chi connectivity index (χ0) is 21.3. The molecule has 0 amide bonds. The summed E-state index contributed by atoms with van der Waals surface area (Å²) in [6, 6.07) is 11.3.